The molecule has 0 saturated heterocycles. The van der Waals surface area contributed by atoms with Crippen LogP contribution in [0.25, 0.3) is 0 Å². The van der Waals surface area contributed by atoms with Crippen molar-refractivity contribution in [2.24, 2.45) is 0 Å². The smallest absolute Gasteiger partial charge is 0.262 e. The minimum absolute atomic E-state index is 0.0881. The maximum Gasteiger partial charge on any atom is 0.262 e. The Labute approximate surface area is 230 Å². The van der Waals surface area contributed by atoms with Gasteiger partial charge in [0.2, 0.25) is 0 Å². The van der Waals surface area contributed by atoms with Crippen LogP contribution in [0.5, 0.6) is 5.75 Å². The van der Waals surface area contributed by atoms with Crippen LogP contribution in [0.3, 0.4) is 0 Å². The monoisotopic (exact) mass is 632 g/mol. The third-order valence-corrected chi connectivity index (χ3v) is 8.05. The number of dihydropyridines is 1. The van der Waals surface area contributed by atoms with E-state index in [1.807, 2.05) is 12.1 Å². The lowest BCUT2D eigenvalue weighted by Crippen LogP contribution is -2.36. The van der Waals surface area contributed by atoms with Gasteiger partial charge in [0.25, 0.3) is 5.91 Å². The largest absolute Gasteiger partial charge is 0.481 e. The molecule has 1 aliphatic heterocycles. The number of ether oxygens (including phenoxy) is 1. The number of anilines is 1. The number of halogens is 3. The van der Waals surface area contributed by atoms with E-state index in [0.29, 0.717) is 49.4 Å². The number of hydrogen-bond acceptors (Lipinski definition) is 5. The van der Waals surface area contributed by atoms with Gasteiger partial charge >= 0.3 is 0 Å². The highest BCUT2D eigenvalue weighted by molar-refractivity contribution is 9.11. The summed E-state index contributed by atoms with van der Waals surface area (Å²) in [5.41, 5.74) is 4.73. The fourth-order valence-electron chi connectivity index (χ4n) is 5.07. The van der Waals surface area contributed by atoms with E-state index in [2.05, 4.69) is 42.5 Å². The van der Waals surface area contributed by atoms with E-state index < -0.39 is 5.92 Å². The maximum atomic E-state index is 13.0. The van der Waals surface area contributed by atoms with Crippen LogP contribution in [0.2, 0.25) is 5.02 Å². The number of nitrogens with one attached hydrogen (secondary N) is 2. The molecular weight excluding hydrogens is 612 g/mol. The predicted octanol–water partition coefficient (Wildman–Crippen LogP) is 6.58. The third-order valence-electron chi connectivity index (χ3n) is 6.62. The average Bonchev–Trinajstić information content (AvgIpc) is 2.84. The molecule has 2 aromatic rings. The van der Waals surface area contributed by atoms with Crippen LogP contribution in [0.15, 0.2) is 67.9 Å². The van der Waals surface area contributed by atoms with Crippen LogP contribution in [0.1, 0.15) is 50.0 Å². The number of ketones is 2. The van der Waals surface area contributed by atoms with Gasteiger partial charge in [0.05, 0.1) is 8.95 Å². The SMILES string of the molecule is O=C(COc1c(Br)cc(C2C3=C(CCCC3=O)NC3=C2C(=O)CCC3)cc1Br)Nc1ccc(Cl)cc1. The molecule has 1 heterocycles. The van der Waals surface area contributed by atoms with E-state index in [4.69, 9.17) is 16.3 Å². The molecule has 9 heteroatoms. The van der Waals surface area contributed by atoms with Gasteiger partial charge in [-0.05, 0) is 99.5 Å². The molecule has 3 aliphatic rings. The first-order chi connectivity index (χ1) is 17.3. The summed E-state index contributed by atoms with van der Waals surface area (Å²) in [6.07, 6.45) is 4.20. The van der Waals surface area contributed by atoms with Crippen LogP contribution in [0.4, 0.5) is 5.69 Å². The van der Waals surface area contributed by atoms with Gasteiger partial charge in [-0.25, -0.2) is 0 Å². The number of benzene rings is 2. The van der Waals surface area contributed by atoms with Crippen molar-refractivity contribution in [1.29, 1.82) is 0 Å². The number of rotatable bonds is 5. The molecule has 186 valence electrons. The molecule has 0 atom stereocenters. The molecule has 2 N–H and O–H groups in total. The lowest BCUT2D eigenvalue weighted by molar-refractivity contribution is -0.118. The Bertz CT molecular complexity index is 1270. The van der Waals surface area contributed by atoms with Crippen molar-refractivity contribution >= 4 is 66.6 Å². The molecule has 0 unspecified atom stereocenters. The predicted molar refractivity (Wildman–Crippen MR) is 145 cm³/mol. The molecule has 0 fully saturated rings. The third kappa shape index (κ3) is 5.04. The summed E-state index contributed by atoms with van der Waals surface area (Å²) < 4.78 is 7.07. The summed E-state index contributed by atoms with van der Waals surface area (Å²) in [6.45, 7) is -0.200. The summed E-state index contributed by atoms with van der Waals surface area (Å²) in [7, 11) is 0. The van der Waals surface area contributed by atoms with Gasteiger partial charge in [-0.3, -0.25) is 14.4 Å². The lowest BCUT2D eigenvalue weighted by atomic mass is 9.71. The van der Waals surface area contributed by atoms with Gasteiger partial charge < -0.3 is 15.4 Å². The molecule has 1 amide bonds. The summed E-state index contributed by atoms with van der Waals surface area (Å²) in [5.74, 6) is -0.0852. The van der Waals surface area contributed by atoms with Crippen LogP contribution >= 0.6 is 43.5 Å². The Morgan fingerprint density at radius 1 is 0.944 bits per heavy atom. The molecule has 2 aliphatic carbocycles. The van der Waals surface area contributed by atoms with Crippen molar-refractivity contribution in [2.75, 3.05) is 11.9 Å². The second-order valence-electron chi connectivity index (χ2n) is 9.05. The van der Waals surface area contributed by atoms with E-state index in [0.717, 1.165) is 42.6 Å². The van der Waals surface area contributed by atoms with Gasteiger partial charge in [-0.15, -0.1) is 0 Å². The second kappa shape index (κ2) is 10.5. The Morgan fingerprint density at radius 3 is 2.06 bits per heavy atom. The first-order valence-corrected chi connectivity index (χ1v) is 13.7. The highest BCUT2D eigenvalue weighted by Gasteiger charge is 2.40. The van der Waals surface area contributed by atoms with Gasteiger partial charge in [-0.1, -0.05) is 11.6 Å². The minimum atomic E-state index is -0.410. The summed E-state index contributed by atoms with van der Waals surface area (Å²) >= 11 is 13.0. The molecule has 36 heavy (non-hydrogen) atoms. The zero-order valence-corrected chi connectivity index (χ0v) is 23.2. The molecule has 0 saturated carbocycles. The maximum absolute atomic E-state index is 13.0. The molecular formula is C27H23Br2ClN2O4. The Hall–Kier alpha value is -2.42. The highest BCUT2D eigenvalue weighted by atomic mass is 79.9. The Balaban J connectivity index is 1.42. The molecule has 5 rings (SSSR count). The fraction of sp³-hybridized carbons (Fsp3) is 0.296. The van der Waals surface area contributed by atoms with Crippen LogP contribution in [0, 0.1) is 0 Å². The molecule has 2 aromatic carbocycles. The van der Waals surface area contributed by atoms with Crippen molar-refractivity contribution in [3.8, 4) is 5.75 Å². The van der Waals surface area contributed by atoms with E-state index >= 15 is 0 Å². The van der Waals surface area contributed by atoms with E-state index in [1.54, 1.807) is 24.3 Å². The zero-order chi connectivity index (χ0) is 25.4. The van der Waals surface area contributed by atoms with Crippen molar-refractivity contribution in [1.82, 2.24) is 5.32 Å². The van der Waals surface area contributed by atoms with Crippen LogP contribution in [-0.2, 0) is 14.4 Å². The Kier molecular flexibility index (Phi) is 7.37. The van der Waals surface area contributed by atoms with Gasteiger partial charge in [0.1, 0.15) is 5.75 Å². The fourth-order valence-corrected chi connectivity index (χ4v) is 6.65. The van der Waals surface area contributed by atoms with Crippen molar-refractivity contribution in [3.63, 3.8) is 0 Å². The van der Waals surface area contributed by atoms with E-state index in [1.165, 1.54) is 0 Å². The quantitative estimate of drug-likeness (QED) is 0.388. The van der Waals surface area contributed by atoms with Crippen LogP contribution < -0.4 is 15.4 Å². The number of Topliss-reactive ketones (excluding diaryl/α,β-unsaturated/α-hetero) is 2. The first kappa shape index (κ1) is 25.2. The number of carbonyl (C=O) groups is 3. The van der Waals surface area contributed by atoms with Crippen molar-refractivity contribution in [3.05, 3.63) is 78.5 Å². The summed E-state index contributed by atoms with van der Waals surface area (Å²) in [4.78, 5) is 38.5. The normalized spacial score (nSPS) is 18.0. The molecule has 0 aromatic heterocycles. The van der Waals surface area contributed by atoms with Crippen molar-refractivity contribution in [2.45, 2.75) is 44.4 Å². The van der Waals surface area contributed by atoms with Gasteiger partial charge in [0.15, 0.2) is 18.2 Å². The van der Waals surface area contributed by atoms with Crippen molar-refractivity contribution < 1.29 is 19.1 Å². The molecule has 0 bridgehead atoms. The minimum Gasteiger partial charge on any atom is -0.481 e. The molecule has 0 spiro atoms. The zero-order valence-electron chi connectivity index (χ0n) is 19.3. The molecule has 0 radical (unpaired) electrons. The second-order valence-corrected chi connectivity index (χ2v) is 11.2. The first-order valence-electron chi connectivity index (χ1n) is 11.8. The number of carbonyl (C=O) groups excluding carboxylic acids is 3. The molecule has 6 nitrogen and oxygen atoms in total. The lowest BCUT2D eigenvalue weighted by Gasteiger charge is -2.37. The van der Waals surface area contributed by atoms with E-state index in [-0.39, 0.29) is 24.1 Å². The van der Waals surface area contributed by atoms with E-state index in [9.17, 15) is 14.4 Å². The van der Waals surface area contributed by atoms with Gasteiger partial charge in [0, 0.05) is 52.0 Å². The number of hydrogen-bond donors (Lipinski definition) is 2. The standard InChI is InChI=1S/C27H23Br2ClN2O4/c28-17-11-14(12-18(29)27(17)36-13-23(35)31-16-9-7-15(30)8-10-16)24-25-19(3-1-5-21(25)33)32-20-4-2-6-22(34)26(20)24/h7-12,24,32H,1-6,13H2,(H,31,35). The number of allylic oxidation sites excluding steroid dienone is 4. The van der Waals surface area contributed by atoms with Crippen LogP contribution in [-0.4, -0.2) is 24.1 Å². The van der Waals surface area contributed by atoms with Gasteiger partial charge in [-0.2, -0.15) is 0 Å². The Morgan fingerprint density at radius 2 is 1.50 bits per heavy atom. The topological polar surface area (TPSA) is 84.5 Å². The highest BCUT2D eigenvalue weighted by Crippen LogP contribution is 2.47. The summed E-state index contributed by atoms with van der Waals surface area (Å²) in [6, 6.07) is 10.6. The average molecular weight is 635 g/mol. The number of amides is 1. The summed E-state index contributed by atoms with van der Waals surface area (Å²) in [5, 5.41) is 6.78.